The molecule has 0 fully saturated rings. The fourth-order valence-corrected chi connectivity index (χ4v) is 3.15. The molecule has 0 aromatic heterocycles. The van der Waals surface area contributed by atoms with Crippen molar-refractivity contribution in [2.45, 2.75) is 6.17 Å². The van der Waals surface area contributed by atoms with Crippen molar-refractivity contribution in [3.63, 3.8) is 0 Å². The quantitative estimate of drug-likeness (QED) is 0.708. The molecule has 0 aliphatic carbocycles. The van der Waals surface area contributed by atoms with E-state index >= 15 is 0 Å². The average molecular weight is 316 g/mol. The smallest absolute Gasteiger partial charge is 0.157 e. The Morgan fingerprint density at radius 2 is 2.00 bits per heavy atom. The van der Waals surface area contributed by atoms with Gasteiger partial charge in [-0.3, -0.25) is 4.99 Å². The van der Waals surface area contributed by atoms with Gasteiger partial charge in [-0.05, 0) is 35.9 Å². The van der Waals surface area contributed by atoms with Crippen molar-refractivity contribution >= 4 is 23.1 Å². The van der Waals surface area contributed by atoms with Crippen molar-refractivity contribution in [2.75, 3.05) is 18.4 Å². The van der Waals surface area contributed by atoms with Crippen LogP contribution in [0, 0.1) is 0 Å². The number of aromatic hydroxyl groups is 2. The molecule has 0 saturated carbocycles. The van der Waals surface area contributed by atoms with E-state index in [4.69, 9.17) is 11.6 Å². The van der Waals surface area contributed by atoms with E-state index in [-0.39, 0.29) is 17.7 Å². The topological polar surface area (TPSA) is 68.1 Å². The molecule has 112 valence electrons. The van der Waals surface area contributed by atoms with Crippen molar-refractivity contribution in [3.8, 4) is 11.5 Å². The number of hydrogen-bond donors (Lipinski definition) is 3. The Morgan fingerprint density at radius 3 is 2.82 bits per heavy atom. The number of fused-ring (bicyclic) bond motifs is 3. The first kappa shape index (κ1) is 13.3. The molecule has 0 spiro atoms. The fraction of sp³-hybridized carbons (Fsp3) is 0.188. The molecule has 2 aliphatic heterocycles. The Morgan fingerprint density at radius 1 is 1.14 bits per heavy atom. The van der Waals surface area contributed by atoms with Crippen LogP contribution in [0.2, 0.25) is 5.02 Å². The van der Waals surface area contributed by atoms with Gasteiger partial charge in [0.15, 0.2) is 11.5 Å². The standard InChI is InChI=1S/C16H14ClN3O2/c17-10-2-3-11-12(8-10)19-15(20-6-5-18-16(11)20)9-1-4-13(21)14(22)7-9/h1-4,7-8,15,19,21-22H,5-6H2/t15-/m0/s1. The largest absolute Gasteiger partial charge is 0.504 e. The maximum Gasteiger partial charge on any atom is 0.157 e. The summed E-state index contributed by atoms with van der Waals surface area (Å²) < 4.78 is 0. The van der Waals surface area contributed by atoms with Gasteiger partial charge in [-0.1, -0.05) is 17.7 Å². The van der Waals surface area contributed by atoms with Gasteiger partial charge in [0.2, 0.25) is 0 Å². The maximum absolute atomic E-state index is 9.76. The number of hydrogen-bond acceptors (Lipinski definition) is 5. The molecular weight excluding hydrogens is 302 g/mol. The number of phenols is 2. The number of amidine groups is 1. The molecule has 2 heterocycles. The highest BCUT2D eigenvalue weighted by Crippen LogP contribution is 2.38. The zero-order valence-electron chi connectivity index (χ0n) is 11.6. The first-order chi connectivity index (χ1) is 10.6. The molecule has 5 nitrogen and oxygen atoms in total. The van der Waals surface area contributed by atoms with Gasteiger partial charge in [0.1, 0.15) is 12.0 Å². The molecule has 4 rings (SSSR count). The molecule has 0 amide bonds. The molecule has 3 N–H and O–H groups in total. The summed E-state index contributed by atoms with van der Waals surface area (Å²) in [6.45, 7) is 1.54. The highest BCUT2D eigenvalue weighted by atomic mass is 35.5. The van der Waals surface area contributed by atoms with E-state index in [0.29, 0.717) is 5.02 Å². The molecule has 2 aliphatic rings. The monoisotopic (exact) mass is 315 g/mol. The molecule has 0 saturated heterocycles. The van der Waals surface area contributed by atoms with Crippen molar-refractivity contribution in [1.82, 2.24) is 4.90 Å². The minimum Gasteiger partial charge on any atom is -0.504 e. The third-order valence-corrected chi connectivity index (χ3v) is 4.25. The fourth-order valence-electron chi connectivity index (χ4n) is 2.98. The van der Waals surface area contributed by atoms with Crippen LogP contribution in [0.5, 0.6) is 11.5 Å². The first-order valence-corrected chi connectivity index (χ1v) is 7.41. The number of nitrogens with zero attached hydrogens (tertiary/aromatic N) is 2. The van der Waals surface area contributed by atoms with Crippen LogP contribution < -0.4 is 5.32 Å². The van der Waals surface area contributed by atoms with Gasteiger partial charge >= 0.3 is 0 Å². The van der Waals surface area contributed by atoms with E-state index in [1.807, 2.05) is 18.2 Å². The second-order valence-electron chi connectivity index (χ2n) is 5.38. The lowest BCUT2D eigenvalue weighted by Gasteiger charge is -2.37. The Labute approximate surface area is 132 Å². The second kappa shape index (κ2) is 4.81. The number of benzene rings is 2. The number of aliphatic imine (C=N–C) groups is 1. The summed E-state index contributed by atoms with van der Waals surface area (Å²) in [6.07, 6.45) is -0.154. The summed E-state index contributed by atoms with van der Waals surface area (Å²) >= 11 is 6.09. The molecule has 0 bridgehead atoms. The van der Waals surface area contributed by atoms with Gasteiger partial charge in [0.05, 0.1) is 6.54 Å². The minimum absolute atomic E-state index is 0.127. The Bertz CT molecular complexity index is 791. The highest BCUT2D eigenvalue weighted by Gasteiger charge is 2.33. The average Bonchev–Trinajstić information content (AvgIpc) is 2.98. The summed E-state index contributed by atoms with van der Waals surface area (Å²) in [7, 11) is 0. The van der Waals surface area contributed by atoms with E-state index in [9.17, 15) is 10.2 Å². The summed E-state index contributed by atoms with van der Waals surface area (Å²) in [5.41, 5.74) is 2.80. The second-order valence-corrected chi connectivity index (χ2v) is 5.82. The molecule has 0 unspecified atom stereocenters. The number of anilines is 1. The van der Waals surface area contributed by atoms with Gasteiger partial charge in [-0.2, -0.15) is 0 Å². The molecule has 1 atom stereocenters. The molecule has 6 heteroatoms. The lowest BCUT2D eigenvalue weighted by atomic mass is 10.0. The van der Waals surface area contributed by atoms with Crippen molar-refractivity contribution in [1.29, 1.82) is 0 Å². The van der Waals surface area contributed by atoms with E-state index in [2.05, 4.69) is 15.2 Å². The molecule has 2 aromatic carbocycles. The Kier molecular flexibility index (Phi) is 2.90. The van der Waals surface area contributed by atoms with E-state index in [0.717, 1.165) is 35.7 Å². The Hall–Kier alpha value is -2.40. The van der Waals surface area contributed by atoms with Crippen LogP contribution in [-0.2, 0) is 0 Å². The van der Waals surface area contributed by atoms with Crippen molar-refractivity contribution < 1.29 is 10.2 Å². The van der Waals surface area contributed by atoms with Crippen LogP contribution in [0.1, 0.15) is 17.3 Å². The summed E-state index contributed by atoms with van der Waals surface area (Å²) in [6, 6.07) is 10.5. The van der Waals surface area contributed by atoms with Crippen LogP contribution in [0.15, 0.2) is 41.4 Å². The van der Waals surface area contributed by atoms with Gasteiger partial charge in [0, 0.05) is 22.8 Å². The molecule has 2 aromatic rings. The summed E-state index contributed by atoms with van der Waals surface area (Å²) in [4.78, 5) is 6.75. The number of nitrogens with one attached hydrogen (secondary N) is 1. The molecule has 0 radical (unpaired) electrons. The zero-order chi connectivity index (χ0) is 15.3. The van der Waals surface area contributed by atoms with E-state index in [1.165, 1.54) is 6.07 Å². The maximum atomic E-state index is 9.76. The lowest BCUT2D eigenvalue weighted by Crippen LogP contribution is -2.41. The Balaban J connectivity index is 1.81. The summed E-state index contributed by atoms with van der Waals surface area (Å²) in [5.74, 6) is 0.676. The van der Waals surface area contributed by atoms with Gasteiger partial charge in [-0.25, -0.2) is 0 Å². The van der Waals surface area contributed by atoms with E-state index in [1.54, 1.807) is 12.1 Å². The minimum atomic E-state index is -0.154. The number of rotatable bonds is 1. The van der Waals surface area contributed by atoms with E-state index < -0.39 is 0 Å². The van der Waals surface area contributed by atoms with Crippen molar-refractivity contribution in [2.24, 2.45) is 4.99 Å². The zero-order valence-corrected chi connectivity index (χ0v) is 12.4. The van der Waals surface area contributed by atoms with Crippen LogP contribution in [0.3, 0.4) is 0 Å². The van der Waals surface area contributed by atoms with Crippen LogP contribution in [-0.4, -0.2) is 34.0 Å². The first-order valence-electron chi connectivity index (χ1n) is 7.03. The summed E-state index contributed by atoms with van der Waals surface area (Å²) in [5, 5.41) is 23.4. The van der Waals surface area contributed by atoms with Crippen LogP contribution >= 0.6 is 11.6 Å². The molecule has 22 heavy (non-hydrogen) atoms. The van der Waals surface area contributed by atoms with Crippen molar-refractivity contribution in [3.05, 3.63) is 52.5 Å². The van der Waals surface area contributed by atoms with Crippen LogP contribution in [0.4, 0.5) is 5.69 Å². The third kappa shape index (κ3) is 1.97. The van der Waals surface area contributed by atoms with Gasteiger partial charge in [0.25, 0.3) is 0 Å². The highest BCUT2D eigenvalue weighted by molar-refractivity contribution is 6.31. The predicted octanol–water partition coefficient (Wildman–Crippen LogP) is 2.94. The third-order valence-electron chi connectivity index (χ3n) is 4.02. The number of halogens is 1. The number of phenolic OH excluding ortho intramolecular Hbond substituents is 2. The predicted molar refractivity (Wildman–Crippen MR) is 85.7 cm³/mol. The molecular formula is C16H14ClN3O2. The van der Waals surface area contributed by atoms with Gasteiger partial charge in [-0.15, -0.1) is 0 Å². The lowest BCUT2D eigenvalue weighted by molar-refractivity contribution is 0.365. The van der Waals surface area contributed by atoms with Crippen LogP contribution in [0.25, 0.3) is 0 Å². The van der Waals surface area contributed by atoms with Gasteiger partial charge < -0.3 is 20.4 Å². The normalized spacial score (nSPS) is 19.2. The SMILES string of the molecule is Oc1ccc([C@H]2Nc3cc(Cl)ccc3C3=NCCN32)cc1O.